The Balaban J connectivity index is 1.08. The summed E-state index contributed by atoms with van der Waals surface area (Å²) in [6, 6.07) is 5.99. The predicted octanol–water partition coefficient (Wildman–Crippen LogP) is 5.48. The van der Waals surface area contributed by atoms with Crippen LogP contribution in [0.2, 0.25) is 0 Å². The fraction of sp³-hybridized carbons (Fsp3) is 0.370. The summed E-state index contributed by atoms with van der Waals surface area (Å²) in [5.74, 6) is -1.09. The lowest BCUT2D eigenvalue weighted by molar-refractivity contribution is -0.165. The molecule has 2 aliphatic carbocycles. The van der Waals surface area contributed by atoms with Gasteiger partial charge in [0.25, 0.3) is 0 Å². The van der Waals surface area contributed by atoms with E-state index in [1.165, 1.54) is 12.1 Å². The first-order valence-electron chi connectivity index (χ1n) is 12.6. The molecule has 2 saturated carbocycles. The molecule has 0 bridgehead atoms. The maximum Gasteiger partial charge on any atom is 0.401 e. The second-order valence-corrected chi connectivity index (χ2v) is 10.2. The standard InChI is InChI=1S/C27H24F4N6O2/c1-15-18(14-37(35-15)20-4-5-20)9-23-32-12-19(13-33-23)16-2-3-17(21(28)8-16)10-25(38)34-24-11-22(39-36-24)26(6-7-26)27(29,30)31/h2-3,8,11-14,20H,4-7,9-10H2,1H3,(H,34,36,38). The number of nitrogens with zero attached hydrogens (tertiary/aromatic N) is 5. The quantitative estimate of drug-likeness (QED) is 0.298. The number of carbonyl (C=O) groups excluding carboxylic acids is 1. The highest BCUT2D eigenvalue weighted by molar-refractivity contribution is 5.91. The Kier molecular flexibility index (Phi) is 6.00. The van der Waals surface area contributed by atoms with Crippen LogP contribution in [0.3, 0.4) is 0 Å². The van der Waals surface area contributed by atoms with Crippen LogP contribution in [0.4, 0.5) is 23.4 Å². The molecule has 4 aromatic rings. The molecule has 1 N–H and O–H groups in total. The smallest absolute Gasteiger partial charge is 0.358 e. The Hall–Kier alpha value is -4.09. The molecule has 3 aromatic heterocycles. The van der Waals surface area contributed by atoms with Gasteiger partial charge in [0.1, 0.15) is 17.1 Å². The molecular formula is C27H24F4N6O2. The first-order chi connectivity index (χ1) is 18.6. The SMILES string of the molecule is Cc1nn(C2CC2)cc1Cc1ncc(-c2ccc(CC(=O)Nc3cc(C4(C(F)(F)F)CC4)on3)c(F)c2)cn1. The first kappa shape index (κ1) is 25.2. The number of aromatic nitrogens is 5. The molecular weight excluding hydrogens is 516 g/mol. The van der Waals surface area contributed by atoms with Gasteiger partial charge in [-0.1, -0.05) is 17.3 Å². The number of benzene rings is 1. The third kappa shape index (κ3) is 5.02. The fourth-order valence-corrected chi connectivity index (χ4v) is 4.57. The minimum absolute atomic E-state index is 0.0872. The maximum absolute atomic E-state index is 14.8. The van der Waals surface area contributed by atoms with Gasteiger partial charge in [-0.25, -0.2) is 14.4 Å². The molecule has 12 heteroatoms. The summed E-state index contributed by atoms with van der Waals surface area (Å²) in [5.41, 5.74) is 1.27. The molecule has 0 saturated heterocycles. The van der Waals surface area contributed by atoms with E-state index in [1.807, 2.05) is 17.8 Å². The summed E-state index contributed by atoms with van der Waals surface area (Å²) in [6.45, 7) is 1.97. The Morgan fingerprint density at radius 1 is 1.13 bits per heavy atom. The molecule has 2 aliphatic rings. The molecule has 0 radical (unpaired) electrons. The van der Waals surface area contributed by atoms with Crippen LogP contribution in [0, 0.1) is 12.7 Å². The van der Waals surface area contributed by atoms with Gasteiger partial charge >= 0.3 is 6.18 Å². The number of hydrogen-bond donors (Lipinski definition) is 1. The number of alkyl halides is 3. The second-order valence-electron chi connectivity index (χ2n) is 10.2. The predicted molar refractivity (Wildman–Crippen MR) is 131 cm³/mol. The molecule has 6 rings (SSSR count). The van der Waals surface area contributed by atoms with Crippen molar-refractivity contribution in [3.8, 4) is 11.1 Å². The number of aryl methyl sites for hydroxylation is 1. The van der Waals surface area contributed by atoms with Gasteiger partial charge in [-0.15, -0.1) is 0 Å². The summed E-state index contributed by atoms with van der Waals surface area (Å²) in [4.78, 5) is 21.3. The van der Waals surface area contributed by atoms with Crippen LogP contribution in [0.1, 0.15) is 60.1 Å². The van der Waals surface area contributed by atoms with Crippen LogP contribution in [0.5, 0.6) is 0 Å². The van der Waals surface area contributed by atoms with E-state index in [4.69, 9.17) is 4.52 Å². The Morgan fingerprint density at radius 2 is 1.87 bits per heavy atom. The molecule has 1 amide bonds. The second kappa shape index (κ2) is 9.28. The van der Waals surface area contributed by atoms with E-state index in [1.54, 1.807) is 18.5 Å². The highest BCUT2D eigenvalue weighted by Crippen LogP contribution is 2.59. The van der Waals surface area contributed by atoms with Gasteiger partial charge in [0.15, 0.2) is 11.6 Å². The number of anilines is 1. The third-order valence-corrected chi connectivity index (χ3v) is 7.27. The molecule has 0 aliphatic heterocycles. The van der Waals surface area contributed by atoms with Crippen molar-refractivity contribution in [2.75, 3.05) is 5.32 Å². The van der Waals surface area contributed by atoms with Crippen LogP contribution in [-0.2, 0) is 23.1 Å². The van der Waals surface area contributed by atoms with Gasteiger partial charge < -0.3 is 9.84 Å². The van der Waals surface area contributed by atoms with Crippen molar-refractivity contribution in [2.45, 2.75) is 63.1 Å². The van der Waals surface area contributed by atoms with Crippen molar-refractivity contribution in [1.29, 1.82) is 0 Å². The minimum Gasteiger partial charge on any atom is -0.358 e. The zero-order valence-electron chi connectivity index (χ0n) is 20.9. The summed E-state index contributed by atoms with van der Waals surface area (Å²) >= 11 is 0. The summed E-state index contributed by atoms with van der Waals surface area (Å²) < 4.78 is 61.5. The van der Waals surface area contributed by atoms with Gasteiger partial charge in [-0.2, -0.15) is 18.3 Å². The number of carbonyl (C=O) groups is 1. The highest BCUT2D eigenvalue weighted by Gasteiger charge is 2.66. The van der Waals surface area contributed by atoms with Gasteiger partial charge in [0.05, 0.1) is 18.2 Å². The Morgan fingerprint density at radius 3 is 2.51 bits per heavy atom. The van der Waals surface area contributed by atoms with Crippen molar-refractivity contribution in [1.82, 2.24) is 24.9 Å². The number of hydrogen-bond acceptors (Lipinski definition) is 6. The van der Waals surface area contributed by atoms with Crippen LogP contribution in [-0.4, -0.2) is 37.0 Å². The van der Waals surface area contributed by atoms with E-state index in [2.05, 4.69) is 25.5 Å². The monoisotopic (exact) mass is 540 g/mol. The number of halogens is 4. The largest absolute Gasteiger partial charge is 0.401 e. The maximum atomic E-state index is 14.8. The molecule has 1 aromatic carbocycles. The topological polar surface area (TPSA) is 98.7 Å². The fourth-order valence-electron chi connectivity index (χ4n) is 4.57. The molecule has 202 valence electrons. The van der Waals surface area contributed by atoms with E-state index in [0.717, 1.165) is 30.2 Å². The summed E-state index contributed by atoms with van der Waals surface area (Å²) in [7, 11) is 0. The van der Waals surface area contributed by atoms with Crippen molar-refractivity contribution in [2.24, 2.45) is 0 Å². The molecule has 39 heavy (non-hydrogen) atoms. The van der Waals surface area contributed by atoms with Gasteiger partial charge in [0, 0.05) is 42.2 Å². The molecule has 8 nitrogen and oxygen atoms in total. The van der Waals surface area contributed by atoms with E-state index in [0.29, 0.717) is 29.4 Å². The normalized spacial score (nSPS) is 16.3. The molecule has 0 spiro atoms. The van der Waals surface area contributed by atoms with Crippen LogP contribution < -0.4 is 5.32 Å². The van der Waals surface area contributed by atoms with E-state index in [9.17, 15) is 22.4 Å². The van der Waals surface area contributed by atoms with Crippen molar-refractivity contribution in [3.05, 3.63) is 77.1 Å². The van der Waals surface area contributed by atoms with E-state index < -0.39 is 23.3 Å². The van der Waals surface area contributed by atoms with Gasteiger partial charge in [-0.05, 0) is 49.8 Å². The number of rotatable bonds is 8. The lowest BCUT2D eigenvalue weighted by Crippen LogP contribution is -2.28. The van der Waals surface area contributed by atoms with E-state index >= 15 is 0 Å². The molecule has 0 unspecified atom stereocenters. The minimum atomic E-state index is -4.46. The average Bonchev–Trinajstić information content (AvgIpc) is 3.81. The van der Waals surface area contributed by atoms with Crippen molar-refractivity contribution < 1.29 is 26.9 Å². The highest BCUT2D eigenvalue weighted by atomic mass is 19.4. The molecule has 3 heterocycles. The Bertz CT molecular complexity index is 1530. The third-order valence-electron chi connectivity index (χ3n) is 7.27. The zero-order chi connectivity index (χ0) is 27.4. The Labute approximate surface area is 220 Å². The molecule has 2 fully saturated rings. The number of amides is 1. The van der Waals surface area contributed by atoms with Crippen LogP contribution >= 0.6 is 0 Å². The molecule has 0 atom stereocenters. The van der Waals surface area contributed by atoms with Crippen LogP contribution in [0.25, 0.3) is 11.1 Å². The average molecular weight is 541 g/mol. The van der Waals surface area contributed by atoms with E-state index in [-0.39, 0.29) is 36.4 Å². The van der Waals surface area contributed by atoms with Gasteiger partial charge in [-0.3, -0.25) is 9.48 Å². The summed E-state index contributed by atoms with van der Waals surface area (Å²) in [5, 5.41) is 10.5. The first-order valence-corrected chi connectivity index (χ1v) is 12.6. The van der Waals surface area contributed by atoms with Crippen molar-refractivity contribution >= 4 is 11.7 Å². The lowest BCUT2D eigenvalue weighted by Gasteiger charge is -2.14. The number of nitrogens with one attached hydrogen (secondary N) is 1. The lowest BCUT2D eigenvalue weighted by atomic mass is 10.0. The van der Waals surface area contributed by atoms with Gasteiger partial charge in [0.2, 0.25) is 5.91 Å². The summed E-state index contributed by atoms with van der Waals surface area (Å²) in [6.07, 6.45) is 3.19. The van der Waals surface area contributed by atoms with Crippen molar-refractivity contribution in [3.63, 3.8) is 0 Å². The van der Waals surface area contributed by atoms with Crippen LogP contribution in [0.15, 0.2) is 47.4 Å². The zero-order valence-corrected chi connectivity index (χ0v) is 20.9.